The van der Waals surface area contributed by atoms with E-state index in [1.165, 1.54) is 193 Å². The zero-order valence-corrected chi connectivity index (χ0v) is 56.9. The Morgan fingerprint density at radius 3 is 1.22 bits per heavy atom. The van der Waals surface area contributed by atoms with Gasteiger partial charge in [0, 0.05) is 6.42 Å². The maximum atomic E-state index is 13.3. The van der Waals surface area contributed by atoms with Crippen LogP contribution in [0.2, 0.25) is 0 Å². The van der Waals surface area contributed by atoms with Gasteiger partial charge in [0.2, 0.25) is 5.91 Å². The van der Waals surface area contributed by atoms with Crippen molar-refractivity contribution < 1.29 is 64.6 Å². The molecule has 522 valence electrons. The van der Waals surface area contributed by atoms with E-state index in [0.29, 0.717) is 12.8 Å². The van der Waals surface area contributed by atoms with Crippen molar-refractivity contribution in [2.75, 3.05) is 19.8 Å². The summed E-state index contributed by atoms with van der Waals surface area (Å²) in [6, 6.07) is -0.942. The summed E-state index contributed by atoms with van der Waals surface area (Å²) in [7, 11) is 0. The summed E-state index contributed by atoms with van der Waals surface area (Å²) in [5.41, 5.74) is 0. The number of carbonyl (C=O) groups is 1. The molecule has 0 aromatic rings. The van der Waals surface area contributed by atoms with Crippen molar-refractivity contribution in [2.45, 2.75) is 370 Å². The molecule has 0 saturated carbocycles. The number of aliphatic hydroxyl groups is 8. The SMILES string of the molecule is CC/C=C\C/C=C\C/C=C\C/C=C\CCCCCCCCCCCCCCCCCCCCCCC(=O)NC(COC1OC(CO)C(OC2OC(CO)C(O)C(O)C2O)C(O)C1O)C(O)/C=C/CC/C=C/CC/C=C/CCCCCCCCCCCCCCC. The highest BCUT2D eigenvalue weighted by Crippen LogP contribution is 2.30. The fourth-order valence-corrected chi connectivity index (χ4v) is 11.7. The molecule has 2 fully saturated rings. The van der Waals surface area contributed by atoms with E-state index in [0.717, 1.165) is 70.6 Å². The fourth-order valence-electron chi connectivity index (χ4n) is 11.7. The molecular formula is C76H135NO13. The maximum Gasteiger partial charge on any atom is 0.220 e. The van der Waals surface area contributed by atoms with Gasteiger partial charge in [-0.25, -0.2) is 0 Å². The van der Waals surface area contributed by atoms with Gasteiger partial charge in [-0.15, -0.1) is 0 Å². The maximum absolute atomic E-state index is 13.3. The molecule has 2 saturated heterocycles. The minimum atomic E-state index is -1.80. The molecule has 0 aromatic heterocycles. The highest BCUT2D eigenvalue weighted by molar-refractivity contribution is 5.76. The minimum Gasteiger partial charge on any atom is -0.394 e. The Bertz CT molecular complexity index is 1830. The largest absolute Gasteiger partial charge is 0.394 e. The number of carbonyl (C=O) groups excluding carboxylic acids is 1. The summed E-state index contributed by atoms with van der Waals surface area (Å²) in [5, 5.41) is 87.5. The average molecular weight is 1270 g/mol. The number of nitrogens with one attached hydrogen (secondary N) is 1. The van der Waals surface area contributed by atoms with Crippen molar-refractivity contribution in [2.24, 2.45) is 0 Å². The van der Waals surface area contributed by atoms with Crippen molar-refractivity contribution in [3.63, 3.8) is 0 Å². The van der Waals surface area contributed by atoms with Crippen LogP contribution < -0.4 is 5.32 Å². The highest BCUT2D eigenvalue weighted by atomic mass is 16.7. The zero-order valence-electron chi connectivity index (χ0n) is 56.9. The number of rotatable bonds is 60. The molecule has 90 heavy (non-hydrogen) atoms. The van der Waals surface area contributed by atoms with Crippen LogP contribution in [0.25, 0.3) is 0 Å². The number of aliphatic hydroxyl groups excluding tert-OH is 8. The smallest absolute Gasteiger partial charge is 0.220 e. The second kappa shape index (κ2) is 59.9. The Morgan fingerprint density at radius 1 is 0.411 bits per heavy atom. The first-order valence-electron chi connectivity index (χ1n) is 36.8. The lowest BCUT2D eigenvalue weighted by atomic mass is 9.97. The molecule has 12 unspecified atom stereocenters. The van der Waals surface area contributed by atoms with E-state index in [2.05, 4.69) is 92.1 Å². The van der Waals surface area contributed by atoms with Gasteiger partial charge in [-0.2, -0.15) is 0 Å². The highest BCUT2D eigenvalue weighted by Gasteiger charge is 2.51. The average Bonchev–Trinajstić information content (AvgIpc) is 1.41. The monoisotopic (exact) mass is 1270 g/mol. The first kappa shape index (κ1) is 83.3. The van der Waals surface area contributed by atoms with Crippen LogP contribution in [0.4, 0.5) is 0 Å². The lowest BCUT2D eigenvalue weighted by Crippen LogP contribution is -2.65. The summed E-state index contributed by atoms with van der Waals surface area (Å²) < 4.78 is 22.9. The molecule has 2 aliphatic heterocycles. The molecule has 0 bridgehead atoms. The summed E-state index contributed by atoms with van der Waals surface area (Å²) in [6.45, 7) is 2.69. The molecular weight excluding hydrogens is 1130 g/mol. The van der Waals surface area contributed by atoms with E-state index in [-0.39, 0.29) is 18.9 Å². The Labute approximate surface area is 548 Å². The molecule has 0 aliphatic carbocycles. The van der Waals surface area contributed by atoms with Gasteiger partial charge in [0.05, 0.1) is 32.0 Å². The number of hydrogen-bond acceptors (Lipinski definition) is 13. The standard InChI is InChI=1S/C76H135NO13/c1-3-5-7-9-11-13-15-17-19-21-23-25-27-28-29-30-31-32-33-34-35-36-38-40-42-44-46-48-50-52-54-56-58-60-68(81)77-64(63-87-75-73(86)71(84)74(67(62-79)89-75)90-76-72(85)70(83)69(82)66(61-78)88-76)65(80)59-57-55-53-51-49-47-45-43-41-39-37-26-24-22-20-18-16-14-12-10-8-6-4-2/h5,7,11,13,17,19,23,25,41,43,49,51,57,59,64-67,69-76,78-80,82-86H,3-4,6,8-10,12,14-16,18,20-22,24,26-40,42,44-48,50,52-56,58,60-63H2,1-2H3,(H,77,81)/b7-5-,13-11-,19-17-,25-23-,43-41+,51-49+,59-57+. The molecule has 9 N–H and O–H groups in total. The van der Waals surface area contributed by atoms with Crippen molar-refractivity contribution in [1.82, 2.24) is 5.32 Å². The van der Waals surface area contributed by atoms with Crippen LogP contribution in [0.3, 0.4) is 0 Å². The topological polar surface area (TPSA) is 228 Å². The molecule has 0 aromatic carbocycles. The van der Waals surface area contributed by atoms with Crippen LogP contribution >= 0.6 is 0 Å². The van der Waals surface area contributed by atoms with Gasteiger partial charge in [0.15, 0.2) is 12.6 Å². The van der Waals surface area contributed by atoms with E-state index in [9.17, 15) is 45.6 Å². The lowest BCUT2D eigenvalue weighted by Gasteiger charge is -2.46. The Morgan fingerprint density at radius 2 is 0.778 bits per heavy atom. The van der Waals surface area contributed by atoms with Gasteiger partial charge in [0.25, 0.3) is 0 Å². The fraction of sp³-hybridized carbons (Fsp3) is 0.803. The van der Waals surface area contributed by atoms with E-state index < -0.39 is 86.8 Å². The summed E-state index contributed by atoms with van der Waals surface area (Å²) >= 11 is 0. The first-order chi connectivity index (χ1) is 44.1. The summed E-state index contributed by atoms with van der Waals surface area (Å²) in [5.74, 6) is -0.251. The number of ether oxygens (including phenoxy) is 4. The zero-order chi connectivity index (χ0) is 65.2. The Hall–Kier alpha value is -2.83. The number of amides is 1. The third kappa shape index (κ3) is 43.2. The van der Waals surface area contributed by atoms with Crippen LogP contribution in [0, 0.1) is 0 Å². The summed E-state index contributed by atoms with van der Waals surface area (Å²) in [4.78, 5) is 13.3. The normalized spacial score (nSPS) is 23.4. The van der Waals surface area contributed by atoms with Gasteiger partial charge in [-0.05, 0) is 83.5 Å². The van der Waals surface area contributed by atoms with E-state index in [4.69, 9.17) is 18.9 Å². The van der Waals surface area contributed by atoms with Crippen molar-refractivity contribution in [3.05, 3.63) is 85.1 Å². The predicted octanol–water partition coefficient (Wildman–Crippen LogP) is 15.6. The quantitative estimate of drug-likeness (QED) is 0.0204. The molecule has 14 heteroatoms. The second-order valence-electron chi connectivity index (χ2n) is 25.7. The van der Waals surface area contributed by atoms with Crippen LogP contribution in [0.15, 0.2) is 85.1 Å². The Balaban J connectivity index is 1.66. The molecule has 0 radical (unpaired) electrons. The molecule has 2 rings (SSSR count). The van der Waals surface area contributed by atoms with Crippen molar-refractivity contribution in [3.8, 4) is 0 Å². The lowest BCUT2D eigenvalue weighted by molar-refractivity contribution is -0.359. The molecule has 0 spiro atoms. The summed E-state index contributed by atoms with van der Waals surface area (Å²) in [6.07, 6.45) is 66.5. The number of unbranched alkanes of at least 4 members (excludes halogenated alkanes) is 35. The van der Waals surface area contributed by atoms with Gasteiger partial charge >= 0.3 is 0 Å². The Kier molecular flexibility index (Phi) is 55.4. The van der Waals surface area contributed by atoms with Gasteiger partial charge in [-0.3, -0.25) is 4.79 Å². The van der Waals surface area contributed by atoms with Crippen LogP contribution in [-0.4, -0.2) is 140 Å². The number of allylic oxidation sites excluding steroid dienone is 13. The number of hydrogen-bond donors (Lipinski definition) is 9. The molecule has 2 aliphatic rings. The first-order valence-corrected chi connectivity index (χ1v) is 36.8. The van der Waals surface area contributed by atoms with Gasteiger partial charge < -0.3 is 65.1 Å². The van der Waals surface area contributed by atoms with Gasteiger partial charge in [-0.1, -0.05) is 292 Å². The molecule has 2 heterocycles. The van der Waals surface area contributed by atoms with E-state index in [1.54, 1.807) is 6.08 Å². The van der Waals surface area contributed by atoms with Crippen LogP contribution in [0.5, 0.6) is 0 Å². The molecule has 14 nitrogen and oxygen atoms in total. The minimum absolute atomic E-state index is 0.251. The molecule has 12 atom stereocenters. The third-order valence-corrected chi connectivity index (χ3v) is 17.5. The molecule has 1 amide bonds. The third-order valence-electron chi connectivity index (χ3n) is 17.5. The van der Waals surface area contributed by atoms with Crippen LogP contribution in [0.1, 0.15) is 296 Å². The van der Waals surface area contributed by atoms with Crippen molar-refractivity contribution >= 4 is 5.91 Å². The van der Waals surface area contributed by atoms with E-state index >= 15 is 0 Å². The van der Waals surface area contributed by atoms with Crippen molar-refractivity contribution in [1.29, 1.82) is 0 Å². The van der Waals surface area contributed by atoms with Crippen LogP contribution in [-0.2, 0) is 23.7 Å². The second-order valence-corrected chi connectivity index (χ2v) is 25.7. The van der Waals surface area contributed by atoms with E-state index in [1.807, 2.05) is 6.08 Å². The van der Waals surface area contributed by atoms with Gasteiger partial charge in [0.1, 0.15) is 48.8 Å². The predicted molar refractivity (Wildman–Crippen MR) is 369 cm³/mol.